The van der Waals surface area contributed by atoms with Gasteiger partial charge < -0.3 is 10.4 Å². The zero-order valence-corrected chi connectivity index (χ0v) is 17.3. The summed E-state index contributed by atoms with van der Waals surface area (Å²) in [5, 5.41) is 11.7. The Morgan fingerprint density at radius 1 is 1.26 bits per heavy atom. The standard InChI is InChI=1S/C17H13BrF3IN2O3/c18-10-6-9(16(26)24-27-17(7-25)3-4-17)15(14(21)13(10)20)23-12-2-1-8(22)5-11(12)19/h1-2,5-6,23,25H,3-4,7H2,(H,24,26). The van der Waals surface area contributed by atoms with Crippen LogP contribution in [0.4, 0.5) is 24.5 Å². The molecule has 0 heterocycles. The van der Waals surface area contributed by atoms with Gasteiger partial charge in [0.15, 0.2) is 11.6 Å². The average molecular weight is 557 g/mol. The molecule has 2 aromatic rings. The SMILES string of the molecule is O=C(NOC1(CO)CC1)c1cc(Br)c(F)c(F)c1Nc1ccc(I)cc1F. The van der Waals surface area contributed by atoms with Gasteiger partial charge in [-0.25, -0.2) is 18.7 Å². The lowest BCUT2D eigenvalue weighted by molar-refractivity contribution is -0.0566. The molecule has 1 aliphatic carbocycles. The monoisotopic (exact) mass is 556 g/mol. The molecule has 5 nitrogen and oxygen atoms in total. The summed E-state index contributed by atoms with van der Waals surface area (Å²) in [7, 11) is 0. The number of anilines is 2. The number of amides is 1. The molecule has 0 spiro atoms. The van der Waals surface area contributed by atoms with Gasteiger partial charge in [0.25, 0.3) is 5.91 Å². The Morgan fingerprint density at radius 2 is 1.96 bits per heavy atom. The van der Waals surface area contributed by atoms with Gasteiger partial charge in [-0.1, -0.05) is 0 Å². The van der Waals surface area contributed by atoms with Crippen LogP contribution >= 0.6 is 38.5 Å². The first-order valence-corrected chi connectivity index (χ1v) is 9.62. The first kappa shape index (κ1) is 20.4. The summed E-state index contributed by atoms with van der Waals surface area (Å²) in [5.74, 6) is -4.14. The fourth-order valence-electron chi connectivity index (χ4n) is 2.26. The summed E-state index contributed by atoms with van der Waals surface area (Å²) < 4.78 is 42.9. The molecule has 2 aromatic carbocycles. The number of aliphatic hydroxyl groups excluding tert-OH is 1. The summed E-state index contributed by atoms with van der Waals surface area (Å²) >= 11 is 4.75. The topological polar surface area (TPSA) is 70.6 Å². The van der Waals surface area contributed by atoms with Crippen LogP contribution < -0.4 is 10.8 Å². The highest BCUT2D eigenvalue weighted by atomic mass is 127. The van der Waals surface area contributed by atoms with Gasteiger partial charge in [0.1, 0.15) is 11.4 Å². The van der Waals surface area contributed by atoms with Gasteiger partial charge in [-0.2, -0.15) is 0 Å². The van der Waals surface area contributed by atoms with Crippen molar-refractivity contribution in [1.82, 2.24) is 5.48 Å². The van der Waals surface area contributed by atoms with E-state index in [9.17, 15) is 23.1 Å². The highest BCUT2D eigenvalue weighted by Gasteiger charge is 2.45. The first-order chi connectivity index (χ1) is 12.8. The van der Waals surface area contributed by atoms with Crippen LogP contribution in [0.25, 0.3) is 0 Å². The van der Waals surface area contributed by atoms with Crippen LogP contribution in [0.5, 0.6) is 0 Å². The van der Waals surface area contributed by atoms with Gasteiger partial charge in [0, 0.05) is 3.57 Å². The Bertz CT molecular complexity index is 909. The third-order valence-electron chi connectivity index (χ3n) is 4.05. The second-order valence-corrected chi connectivity index (χ2v) is 8.13. The molecule has 0 atom stereocenters. The summed E-state index contributed by atoms with van der Waals surface area (Å²) in [4.78, 5) is 17.6. The van der Waals surface area contributed by atoms with E-state index >= 15 is 0 Å². The summed E-state index contributed by atoms with van der Waals surface area (Å²) in [6, 6.07) is 5.18. The molecule has 1 amide bonds. The van der Waals surface area contributed by atoms with Gasteiger partial charge in [0.2, 0.25) is 0 Å². The molecule has 1 saturated carbocycles. The highest BCUT2D eigenvalue weighted by molar-refractivity contribution is 14.1. The van der Waals surface area contributed by atoms with Gasteiger partial charge in [-0.15, -0.1) is 0 Å². The zero-order chi connectivity index (χ0) is 19.8. The van der Waals surface area contributed by atoms with E-state index in [1.54, 1.807) is 6.07 Å². The summed E-state index contributed by atoms with van der Waals surface area (Å²) in [6.07, 6.45) is 1.12. The van der Waals surface area contributed by atoms with E-state index in [0.29, 0.717) is 16.4 Å². The Balaban J connectivity index is 1.93. The number of carbonyl (C=O) groups excluding carboxylic acids is 1. The molecule has 0 aliphatic heterocycles. The van der Waals surface area contributed by atoms with Crippen LogP contribution in [0.15, 0.2) is 28.7 Å². The van der Waals surface area contributed by atoms with Crippen LogP contribution in [-0.4, -0.2) is 23.2 Å². The molecular weight excluding hydrogens is 544 g/mol. The van der Waals surface area contributed by atoms with Crippen molar-refractivity contribution < 1.29 is 27.9 Å². The van der Waals surface area contributed by atoms with Crippen LogP contribution in [-0.2, 0) is 4.84 Å². The van der Waals surface area contributed by atoms with Crippen molar-refractivity contribution in [2.45, 2.75) is 18.4 Å². The second-order valence-electron chi connectivity index (χ2n) is 6.03. The minimum atomic E-state index is -1.35. The van der Waals surface area contributed by atoms with Crippen molar-refractivity contribution in [2.75, 3.05) is 11.9 Å². The van der Waals surface area contributed by atoms with E-state index in [-0.39, 0.29) is 22.3 Å². The molecule has 3 rings (SSSR count). The van der Waals surface area contributed by atoms with Crippen LogP contribution in [0.3, 0.4) is 0 Å². The van der Waals surface area contributed by atoms with Crippen molar-refractivity contribution >= 4 is 55.8 Å². The van der Waals surface area contributed by atoms with Crippen LogP contribution in [0, 0.1) is 21.0 Å². The number of benzene rings is 2. The third-order valence-corrected chi connectivity index (χ3v) is 5.30. The van der Waals surface area contributed by atoms with E-state index in [1.807, 2.05) is 22.6 Å². The van der Waals surface area contributed by atoms with E-state index in [1.165, 1.54) is 12.1 Å². The fourth-order valence-corrected chi connectivity index (χ4v) is 3.12. The van der Waals surface area contributed by atoms with Crippen molar-refractivity contribution in [3.63, 3.8) is 0 Å². The minimum Gasteiger partial charge on any atom is -0.393 e. The van der Waals surface area contributed by atoms with Gasteiger partial charge in [-0.3, -0.25) is 9.63 Å². The van der Waals surface area contributed by atoms with Crippen molar-refractivity contribution in [3.05, 3.63) is 55.3 Å². The highest BCUT2D eigenvalue weighted by Crippen LogP contribution is 2.38. The fraction of sp³-hybridized carbons (Fsp3) is 0.235. The maximum absolute atomic E-state index is 14.5. The van der Waals surface area contributed by atoms with E-state index < -0.39 is 34.6 Å². The predicted molar refractivity (Wildman–Crippen MR) is 104 cm³/mol. The smallest absolute Gasteiger partial charge is 0.277 e. The van der Waals surface area contributed by atoms with Crippen molar-refractivity contribution in [1.29, 1.82) is 0 Å². The molecule has 0 aromatic heterocycles. The zero-order valence-electron chi connectivity index (χ0n) is 13.6. The van der Waals surface area contributed by atoms with E-state index in [0.717, 1.165) is 6.07 Å². The molecule has 0 bridgehead atoms. The van der Waals surface area contributed by atoms with E-state index in [4.69, 9.17) is 4.84 Å². The largest absolute Gasteiger partial charge is 0.393 e. The molecule has 0 unspecified atom stereocenters. The number of rotatable bonds is 6. The first-order valence-electron chi connectivity index (χ1n) is 7.75. The number of hydrogen-bond donors (Lipinski definition) is 3. The van der Waals surface area contributed by atoms with Crippen LogP contribution in [0.1, 0.15) is 23.2 Å². The Morgan fingerprint density at radius 3 is 2.56 bits per heavy atom. The lowest BCUT2D eigenvalue weighted by atomic mass is 10.1. The lowest BCUT2D eigenvalue weighted by Gasteiger charge is -2.17. The Kier molecular flexibility index (Phi) is 5.99. The Labute approximate surface area is 174 Å². The molecule has 0 saturated heterocycles. The number of aliphatic hydroxyl groups is 1. The van der Waals surface area contributed by atoms with Gasteiger partial charge in [-0.05, 0) is 75.6 Å². The molecule has 1 aliphatic rings. The van der Waals surface area contributed by atoms with E-state index in [2.05, 4.69) is 26.7 Å². The van der Waals surface area contributed by atoms with Gasteiger partial charge in [0.05, 0.1) is 28.0 Å². The number of nitrogens with one attached hydrogen (secondary N) is 2. The quantitative estimate of drug-likeness (QED) is 0.280. The predicted octanol–water partition coefficient (Wildman–Crippen LogP) is 4.40. The molecule has 3 N–H and O–H groups in total. The molecular formula is C17H13BrF3IN2O3. The van der Waals surface area contributed by atoms with Crippen molar-refractivity contribution in [2.24, 2.45) is 0 Å². The average Bonchev–Trinajstić information content (AvgIpc) is 3.42. The van der Waals surface area contributed by atoms with Crippen molar-refractivity contribution in [3.8, 4) is 0 Å². The van der Waals surface area contributed by atoms with Gasteiger partial charge >= 0.3 is 0 Å². The normalized spacial score (nSPS) is 14.7. The number of halogens is 5. The number of hydrogen-bond acceptors (Lipinski definition) is 4. The molecule has 1 fully saturated rings. The maximum atomic E-state index is 14.5. The number of carbonyl (C=O) groups is 1. The maximum Gasteiger partial charge on any atom is 0.277 e. The summed E-state index contributed by atoms with van der Waals surface area (Å²) in [5.41, 5.74) is 0.327. The third kappa shape index (κ3) is 4.39. The minimum absolute atomic E-state index is 0.125. The molecule has 10 heteroatoms. The molecule has 0 radical (unpaired) electrons. The summed E-state index contributed by atoms with van der Waals surface area (Å²) in [6.45, 7) is -0.284. The molecule has 144 valence electrons. The molecule has 27 heavy (non-hydrogen) atoms. The second kappa shape index (κ2) is 7.94. The van der Waals surface area contributed by atoms with Crippen LogP contribution in [0.2, 0.25) is 0 Å². The lowest BCUT2D eigenvalue weighted by Crippen LogP contribution is -2.33. The number of hydroxylamine groups is 1. The Hall–Kier alpha value is -1.37.